The first-order chi connectivity index (χ1) is 17.3. The highest BCUT2D eigenvalue weighted by atomic mass is 35.5. The SMILES string of the molecule is COc1ccc(N2CCN(/C(=N\C(=S)Nc3ccc(C)cc3Cl)Nc3nc(C)cc(C)n3)CC2)cc1. The Balaban J connectivity index is 1.52. The van der Waals surface area contributed by atoms with Gasteiger partial charge in [0.2, 0.25) is 17.0 Å². The Kier molecular flexibility index (Phi) is 8.22. The van der Waals surface area contributed by atoms with E-state index in [1.54, 1.807) is 7.11 Å². The van der Waals surface area contributed by atoms with E-state index < -0.39 is 0 Å². The van der Waals surface area contributed by atoms with Crippen molar-refractivity contribution in [1.82, 2.24) is 14.9 Å². The van der Waals surface area contributed by atoms with Gasteiger partial charge in [-0.2, -0.15) is 4.99 Å². The number of rotatable bonds is 4. The van der Waals surface area contributed by atoms with Gasteiger partial charge < -0.3 is 19.9 Å². The van der Waals surface area contributed by atoms with Gasteiger partial charge in [-0.1, -0.05) is 17.7 Å². The van der Waals surface area contributed by atoms with E-state index in [4.69, 9.17) is 33.5 Å². The number of nitrogens with zero attached hydrogens (tertiary/aromatic N) is 5. The lowest BCUT2D eigenvalue weighted by Crippen LogP contribution is -2.51. The molecule has 0 aliphatic carbocycles. The normalized spacial score (nSPS) is 14.0. The van der Waals surface area contributed by atoms with Gasteiger partial charge in [0.1, 0.15) is 5.75 Å². The summed E-state index contributed by atoms with van der Waals surface area (Å²) >= 11 is 12.0. The standard InChI is InChI=1S/C26H30ClN7OS/c1-17-5-10-23(22(27)15-17)30-26(36)32-25(31-24-28-18(2)16-19(3)29-24)34-13-11-33(12-14-34)20-6-8-21(35-4)9-7-20/h5-10,15-16H,11-14H2,1-4H3,(H2,28,29,30,31,32,36). The third kappa shape index (κ3) is 6.61. The summed E-state index contributed by atoms with van der Waals surface area (Å²) in [5.74, 6) is 1.93. The zero-order valence-corrected chi connectivity index (χ0v) is 22.5. The predicted octanol–water partition coefficient (Wildman–Crippen LogP) is 5.05. The second kappa shape index (κ2) is 11.5. The molecule has 0 bridgehead atoms. The number of aromatic nitrogens is 2. The lowest BCUT2D eigenvalue weighted by atomic mass is 10.2. The van der Waals surface area contributed by atoms with E-state index in [-0.39, 0.29) is 0 Å². The van der Waals surface area contributed by atoms with Crippen LogP contribution in [0.25, 0.3) is 0 Å². The van der Waals surface area contributed by atoms with Crippen molar-refractivity contribution >= 4 is 52.2 Å². The summed E-state index contributed by atoms with van der Waals surface area (Å²) in [4.78, 5) is 18.3. The Morgan fingerprint density at radius 1 is 0.944 bits per heavy atom. The van der Waals surface area contributed by atoms with Gasteiger partial charge in [0.15, 0.2) is 0 Å². The number of anilines is 3. The van der Waals surface area contributed by atoms with Crippen LogP contribution in [0.15, 0.2) is 53.5 Å². The van der Waals surface area contributed by atoms with Crippen molar-refractivity contribution in [3.05, 3.63) is 70.5 Å². The van der Waals surface area contributed by atoms with Crippen LogP contribution in [-0.4, -0.2) is 59.2 Å². The van der Waals surface area contributed by atoms with Crippen LogP contribution < -0.4 is 20.3 Å². The maximum Gasteiger partial charge on any atom is 0.229 e. The number of thiocarbonyl (C=S) groups is 1. The molecule has 1 fully saturated rings. The molecule has 1 saturated heterocycles. The fraction of sp³-hybridized carbons (Fsp3) is 0.308. The lowest BCUT2D eigenvalue weighted by molar-refractivity contribution is 0.385. The molecule has 3 aromatic rings. The molecule has 1 aromatic heterocycles. The largest absolute Gasteiger partial charge is 0.497 e. The fourth-order valence-corrected chi connectivity index (χ4v) is 4.47. The average Bonchev–Trinajstić information content (AvgIpc) is 2.85. The molecule has 0 atom stereocenters. The molecule has 1 aliphatic rings. The molecule has 0 saturated carbocycles. The van der Waals surface area contributed by atoms with Crippen LogP contribution >= 0.6 is 23.8 Å². The first-order valence-electron chi connectivity index (χ1n) is 11.7. The van der Waals surface area contributed by atoms with Crippen LogP contribution in [0.1, 0.15) is 17.0 Å². The molecule has 0 radical (unpaired) electrons. The Bertz CT molecular complexity index is 1240. The Labute approximate surface area is 222 Å². The average molecular weight is 524 g/mol. The van der Waals surface area contributed by atoms with Crippen molar-refractivity contribution in [1.29, 1.82) is 0 Å². The number of benzene rings is 2. The summed E-state index contributed by atoms with van der Waals surface area (Å²) in [6.45, 7) is 9.01. The maximum absolute atomic E-state index is 6.39. The van der Waals surface area contributed by atoms with Gasteiger partial charge in [0, 0.05) is 43.3 Å². The van der Waals surface area contributed by atoms with Gasteiger partial charge in [0.25, 0.3) is 0 Å². The number of hydrogen-bond acceptors (Lipinski definition) is 5. The first kappa shape index (κ1) is 25.7. The first-order valence-corrected chi connectivity index (χ1v) is 12.5. The van der Waals surface area contributed by atoms with Crippen LogP contribution in [-0.2, 0) is 0 Å². The molecule has 8 nitrogen and oxygen atoms in total. The number of methoxy groups -OCH3 is 1. The fourth-order valence-electron chi connectivity index (χ4n) is 3.99. The molecule has 2 aromatic carbocycles. The molecule has 0 spiro atoms. The molecule has 2 heterocycles. The van der Waals surface area contributed by atoms with E-state index in [0.29, 0.717) is 27.7 Å². The smallest absolute Gasteiger partial charge is 0.229 e. The zero-order chi connectivity index (χ0) is 25.7. The highest BCUT2D eigenvalue weighted by Gasteiger charge is 2.22. The lowest BCUT2D eigenvalue weighted by Gasteiger charge is -2.37. The van der Waals surface area contributed by atoms with E-state index in [1.807, 2.05) is 57.2 Å². The summed E-state index contributed by atoms with van der Waals surface area (Å²) in [6.07, 6.45) is 0. The van der Waals surface area contributed by atoms with Crippen molar-refractivity contribution in [3.8, 4) is 5.75 Å². The molecular formula is C26H30ClN7OS. The Hall–Kier alpha value is -3.43. The topological polar surface area (TPSA) is 77.9 Å². The number of halogens is 1. The number of piperazine rings is 1. The minimum absolute atomic E-state index is 0.296. The number of ether oxygens (including phenoxy) is 1. The van der Waals surface area contributed by atoms with Crippen LogP contribution in [0, 0.1) is 20.8 Å². The van der Waals surface area contributed by atoms with Gasteiger partial charge in [-0.3, -0.25) is 5.32 Å². The van der Waals surface area contributed by atoms with E-state index >= 15 is 0 Å². The van der Waals surface area contributed by atoms with Crippen LogP contribution in [0.5, 0.6) is 5.75 Å². The zero-order valence-electron chi connectivity index (χ0n) is 20.9. The summed E-state index contributed by atoms with van der Waals surface area (Å²) in [6, 6.07) is 15.8. The number of aliphatic imine (C=N–C) groups is 1. The molecule has 0 amide bonds. The third-order valence-corrected chi connectivity index (χ3v) is 6.30. The summed E-state index contributed by atoms with van der Waals surface area (Å²) < 4.78 is 5.28. The summed E-state index contributed by atoms with van der Waals surface area (Å²) in [5.41, 5.74) is 4.69. The van der Waals surface area contributed by atoms with E-state index in [9.17, 15) is 0 Å². The van der Waals surface area contributed by atoms with Gasteiger partial charge in [-0.15, -0.1) is 0 Å². The predicted molar refractivity (Wildman–Crippen MR) is 152 cm³/mol. The van der Waals surface area contributed by atoms with Crippen molar-refractivity contribution in [2.75, 3.05) is 48.8 Å². The Morgan fingerprint density at radius 3 is 2.22 bits per heavy atom. The van der Waals surface area contributed by atoms with E-state index in [1.165, 1.54) is 0 Å². The molecular weight excluding hydrogens is 494 g/mol. The van der Waals surface area contributed by atoms with Gasteiger partial charge in [0.05, 0.1) is 17.8 Å². The molecule has 0 unspecified atom stereocenters. The number of guanidine groups is 1. The van der Waals surface area contributed by atoms with E-state index in [0.717, 1.165) is 54.6 Å². The second-order valence-electron chi connectivity index (χ2n) is 8.62. The van der Waals surface area contributed by atoms with Crippen molar-refractivity contribution in [2.45, 2.75) is 20.8 Å². The van der Waals surface area contributed by atoms with Gasteiger partial charge >= 0.3 is 0 Å². The molecule has 4 rings (SSSR count). The minimum atomic E-state index is 0.296. The second-order valence-corrected chi connectivity index (χ2v) is 9.41. The van der Waals surface area contributed by atoms with Crippen molar-refractivity contribution in [2.24, 2.45) is 4.99 Å². The summed E-state index contributed by atoms with van der Waals surface area (Å²) in [7, 11) is 1.67. The molecule has 188 valence electrons. The number of hydrogen-bond donors (Lipinski definition) is 2. The highest BCUT2D eigenvalue weighted by Crippen LogP contribution is 2.23. The molecule has 1 aliphatic heterocycles. The van der Waals surface area contributed by atoms with Gasteiger partial charge in [-0.05, 0) is 81.0 Å². The minimum Gasteiger partial charge on any atom is -0.497 e. The third-order valence-electron chi connectivity index (χ3n) is 5.80. The van der Waals surface area contributed by atoms with Crippen LogP contribution in [0.4, 0.5) is 17.3 Å². The molecule has 2 N–H and O–H groups in total. The number of nitrogens with one attached hydrogen (secondary N) is 2. The van der Waals surface area contributed by atoms with Crippen LogP contribution in [0.2, 0.25) is 5.02 Å². The summed E-state index contributed by atoms with van der Waals surface area (Å²) in [5, 5.41) is 7.33. The molecule has 36 heavy (non-hydrogen) atoms. The maximum atomic E-state index is 6.39. The molecule has 10 heteroatoms. The van der Waals surface area contributed by atoms with Crippen molar-refractivity contribution in [3.63, 3.8) is 0 Å². The van der Waals surface area contributed by atoms with Crippen molar-refractivity contribution < 1.29 is 4.74 Å². The van der Waals surface area contributed by atoms with Crippen LogP contribution in [0.3, 0.4) is 0 Å². The Morgan fingerprint density at radius 2 is 1.61 bits per heavy atom. The van der Waals surface area contributed by atoms with E-state index in [2.05, 4.69) is 42.5 Å². The quantitative estimate of drug-likeness (QED) is 0.279. The van der Waals surface area contributed by atoms with Gasteiger partial charge in [-0.25, -0.2) is 9.97 Å². The monoisotopic (exact) mass is 523 g/mol. The number of aryl methyl sites for hydroxylation is 3. The highest BCUT2D eigenvalue weighted by molar-refractivity contribution is 7.80.